The first-order valence-electron chi connectivity index (χ1n) is 8.80. The van der Waals surface area contributed by atoms with E-state index in [4.69, 9.17) is 9.47 Å². The van der Waals surface area contributed by atoms with Crippen LogP contribution in [0.3, 0.4) is 0 Å². The van der Waals surface area contributed by atoms with Crippen LogP contribution in [0.25, 0.3) is 0 Å². The van der Waals surface area contributed by atoms with E-state index in [0.29, 0.717) is 26.3 Å². The van der Waals surface area contributed by atoms with Crippen molar-refractivity contribution in [2.75, 3.05) is 19.8 Å². The number of amides is 1. The summed E-state index contributed by atoms with van der Waals surface area (Å²) in [6, 6.07) is 9.95. The fourth-order valence-corrected chi connectivity index (χ4v) is 3.28. The highest BCUT2D eigenvalue weighted by Gasteiger charge is 2.46. The second-order valence-corrected chi connectivity index (χ2v) is 6.56. The van der Waals surface area contributed by atoms with Crippen molar-refractivity contribution in [3.63, 3.8) is 0 Å². The Hall–Kier alpha value is -1.88. The van der Waals surface area contributed by atoms with Crippen molar-refractivity contribution >= 4 is 11.9 Å². The quantitative estimate of drug-likeness (QED) is 0.720. The van der Waals surface area contributed by atoms with E-state index in [-0.39, 0.29) is 29.8 Å². The Labute approximate surface area is 142 Å². The summed E-state index contributed by atoms with van der Waals surface area (Å²) in [5.74, 6) is 0.0659. The van der Waals surface area contributed by atoms with Gasteiger partial charge in [-0.2, -0.15) is 0 Å². The maximum absolute atomic E-state index is 12.8. The van der Waals surface area contributed by atoms with Gasteiger partial charge in [-0.1, -0.05) is 30.3 Å². The molecular formula is C19H25NO4. The van der Waals surface area contributed by atoms with Crippen LogP contribution in [-0.4, -0.2) is 42.6 Å². The van der Waals surface area contributed by atoms with Gasteiger partial charge in [0.1, 0.15) is 6.10 Å². The molecule has 5 heteroatoms. The number of carbonyl (C=O) groups is 2. The third kappa shape index (κ3) is 4.15. The lowest BCUT2D eigenvalue weighted by molar-refractivity contribution is -0.146. The van der Waals surface area contributed by atoms with E-state index in [9.17, 15) is 9.59 Å². The molecule has 0 aromatic heterocycles. The Balaban J connectivity index is 1.64. The highest BCUT2D eigenvalue weighted by Crippen LogP contribution is 2.40. The minimum atomic E-state index is -0.325. The summed E-state index contributed by atoms with van der Waals surface area (Å²) < 4.78 is 10.7. The van der Waals surface area contributed by atoms with Gasteiger partial charge in [-0.3, -0.25) is 9.59 Å². The molecule has 1 aliphatic carbocycles. The predicted molar refractivity (Wildman–Crippen MR) is 89.1 cm³/mol. The van der Waals surface area contributed by atoms with E-state index in [0.717, 1.165) is 24.8 Å². The van der Waals surface area contributed by atoms with Gasteiger partial charge >= 0.3 is 5.97 Å². The highest BCUT2D eigenvalue weighted by atomic mass is 16.5. The van der Waals surface area contributed by atoms with Crippen molar-refractivity contribution in [1.29, 1.82) is 0 Å². The van der Waals surface area contributed by atoms with Gasteiger partial charge in [-0.05, 0) is 37.7 Å². The molecule has 24 heavy (non-hydrogen) atoms. The van der Waals surface area contributed by atoms with Crippen LogP contribution >= 0.6 is 0 Å². The van der Waals surface area contributed by atoms with Gasteiger partial charge in [0.15, 0.2) is 0 Å². The second kappa shape index (κ2) is 7.79. The monoisotopic (exact) mass is 331 g/mol. The number of hydrogen-bond donors (Lipinski definition) is 0. The van der Waals surface area contributed by atoms with Crippen LogP contribution < -0.4 is 0 Å². The summed E-state index contributed by atoms with van der Waals surface area (Å²) in [5.41, 5.74) is 1.09. The number of nitrogens with zero attached hydrogens (tertiary/aromatic N) is 1. The fourth-order valence-electron chi connectivity index (χ4n) is 3.28. The molecule has 2 fully saturated rings. The van der Waals surface area contributed by atoms with E-state index in [1.165, 1.54) is 0 Å². The number of ether oxygens (including phenoxy) is 2. The van der Waals surface area contributed by atoms with Crippen LogP contribution in [0.5, 0.6) is 0 Å². The van der Waals surface area contributed by atoms with Crippen molar-refractivity contribution < 1.29 is 19.1 Å². The number of esters is 1. The summed E-state index contributed by atoms with van der Waals surface area (Å²) >= 11 is 0. The zero-order chi connectivity index (χ0) is 16.9. The number of benzene rings is 1. The molecule has 1 aromatic rings. The summed E-state index contributed by atoms with van der Waals surface area (Å²) in [7, 11) is 0. The van der Waals surface area contributed by atoms with Gasteiger partial charge in [0.05, 0.1) is 12.5 Å². The van der Waals surface area contributed by atoms with E-state index in [1.54, 1.807) is 0 Å². The van der Waals surface area contributed by atoms with Crippen LogP contribution in [0.1, 0.15) is 31.7 Å². The Kier molecular flexibility index (Phi) is 5.51. The largest absolute Gasteiger partial charge is 0.466 e. The van der Waals surface area contributed by atoms with E-state index >= 15 is 0 Å². The average molecular weight is 331 g/mol. The molecule has 1 saturated heterocycles. The molecule has 130 valence electrons. The molecule has 1 amide bonds. The standard InChI is InChI=1S/C19H25NO4/c1-2-23-19(22)16-11-15(16)13-20(12-14-7-4-3-5-8-14)18(21)17-9-6-10-24-17/h3-5,7-8,15-17H,2,6,9-13H2,1H3/t15-,16-,17+/m1/s1. The summed E-state index contributed by atoms with van der Waals surface area (Å²) in [6.07, 6.45) is 2.21. The van der Waals surface area contributed by atoms with Crippen molar-refractivity contribution in [2.45, 2.75) is 38.8 Å². The first kappa shape index (κ1) is 17.0. The summed E-state index contributed by atoms with van der Waals surface area (Å²) in [6.45, 7) is 4.04. The predicted octanol–water partition coefficient (Wildman–Crippen LogP) is 2.39. The summed E-state index contributed by atoms with van der Waals surface area (Å²) in [4.78, 5) is 26.5. The molecule has 0 spiro atoms. The van der Waals surface area contributed by atoms with Crippen molar-refractivity contribution in [3.8, 4) is 0 Å². The minimum Gasteiger partial charge on any atom is -0.466 e. The normalized spacial score (nSPS) is 25.3. The molecule has 5 nitrogen and oxygen atoms in total. The first-order valence-corrected chi connectivity index (χ1v) is 8.80. The van der Waals surface area contributed by atoms with Crippen molar-refractivity contribution in [2.24, 2.45) is 11.8 Å². The van der Waals surface area contributed by atoms with Crippen LogP contribution in [0, 0.1) is 11.8 Å². The number of rotatable bonds is 7. The zero-order valence-corrected chi connectivity index (χ0v) is 14.1. The molecule has 0 unspecified atom stereocenters. The maximum Gasteiger partial charge on any atom is 0.309 e. The minimum absolute atomic E-state index is 0.0471. The molecule has 1 heterocycles. The van der Waals surface area contributed by atoms with Crippen LogP contribution in [-0.2, 0) is 25.6 Å². The van der Waals surface area contributed by atoms with Crippen LogP contribution in [0.15, 0.2) is 30.3 Å². The maximum atomic E-state index is 12.8. The van der Waals surface area contributed by atoms with Crippen LogP contribution in [0.4, 0.5) is 0 Å². The van der Waals surface area contributed by atoms with E-state index in [1.807, 2.05) is 42.2 Å². The molecule has 0 N–H and O–H groups in total. The van der Waals surface area contributed by atoms with Crippen molar-refractivity contribution in [3.05, 3.63) is 35.9 Å². The van der Waals surface area contributed by atoms with E-state index < -0.39 is 0 Å². The number of carbonyl (C=O) groups excluding carboxylic acids is 2. The SMILES string of the molecule is CCOC(=O)[C@@H]1C[C@@H]1CN(Cc1ccccc1)C(=O)[C@@H]1CCCO1. The summed E-state index contributed by atoms with van der Waals surface area (Å²) in [5, 5.41) is 0. The Morgan fingerprint density at radius 3 is 2.75 bits per heavy atom. The van der Waals surface area contributed by atoms with Crippen LogP contribution in [0.2, 0.25) is 0 Å². The van der Waals surface area contributed by atoms with Gasteiger partial charge < -0.3 is 14.4 Å². The molecule has 1 aromatic carbocycles. The lowest BCUT2D eigenvalue weighted by Gasteiger charge is -2.25. The third-order valence-electron chi connectivity index (χ3n) is 4.70. The Morgan fingerprint density at radius 1 is 1.29 bits per heavy atom. The molecule has 2 aliphatic rings. The second-order valence-electron chi connectivity index (χ2n) is 6.56. The lowest BCUT2D eigenvalue weighted by atomic mass is 10.1. The van der Waals surface area contributed by atoms with Crippen molar-refractivity contribution in [1.82, 2.24) is 4.90 Å². The Morgan fingerprint density at radius 2 is 2.08 bits per heavy atom. The smallest absolute Gasteiger partial charge is 0.309 e. The molecular weight excluding hydrogens is 306 g/mol. The molecule has 0 bridgehead atoms. The van der Waals surface area contributed by atoms with Gasteiger partial charge in [0.2, 0.25) is 0 Å². The first-order chi connectivity index (χ1) is 11.7. The van der Waals surface area contributed by atoms with E-state index in [2.05, 4.69) is 0 Å². The zero-order valence-electron chi connectivity index (χ0n) is 14.1. The molecule has 0 radical (unpaired) electrons. The molecule has 1 aliphatic heterocycles. The third-order valence-corrected chi connectivity index (χ3v) is 4.70. The van der Waals surface area contributed by atoms with Gasteiger partial charge in [-0.15, -0.1) is 0 Å². The van der Waals surface area contributed by atoms with Gasteiger partial charge in [0, 0.05) is 19.7 Å². The van der Waals surface area contributed by atoms with Gasteiger partial charge in [-0.25, -0.2) is 0 Å². The fraction of sp³-hybridized carbons (Fsp3) is 0.579. The number of hydrogen-bond acceptors (Lipinski definition) is 4. The highest BCUT2D eigenvalue weighted by molar-refractivity contribution is 5.81. The van der Waals surface area contributed by atoms with Gasteiger partial charge in [0.25, 0.3) is 5.91 Å². The molecule has 3 atom stereocenters. The Bertz CT molecular complexity index is 568. The average Bonchev–Trinajstić information content (AvgIpc) is 3.15. The molecule has 3 rings (SSSR count). The molecule has 1 saturated carbocycles. The lowest BCUT2D eigenvalue weighted by Crippen LogP contribution is -2.40. The topological polar surface area (TPSA) is 55.8 Å².